The number of pyridine rings is 1. The van der Waals surface area contributed by atoms with Gasteiger partial charge >= 0.3 is 0 Å². The van der Waals surface area contributed by atoms with Crippen LogP contribution in [0.15, 0.2) is 12.1 Å². The van der Waals surface area contributed by atoms with Crippen LogP contribution in [0, 0.1) is 12.9 Å². The number of aryl methyl sites for hydroxylation is 1. The van der Waals surface area contributed by atoms with E-state index in [4.69, 9.17) is 0 Å². The second kappa shape index (κ2) is 4.05. The van der Waals surface area contributed by atoms with Gasteiger partial charge in [-0.25, -0.2) is 4.98 Å². The van der Waals surface area contributed by atoms with E-state index in [-0.39, 0.29) is 5.95 Å². The molecule has 1 fully saturated rings. The molecule has 1 aromatic rings. The van der Waals surface area contributed by atoms with Crippen LogP contribution in [-0.2, 0) is 0 Å². The van der Waals surface area contributed by atoms with Crippen LogP contribution in [0.3, 0.4) is 0 Å². The maximum Gasteiger partial charge on any atom is 0.213 e. The normalized spacial score (nSPS) is 22.3. The van der Waals surface area contributed by atoms with Gasteiger partial charge in [-0.05, 0) is 43.9 Å². The first kappa shape index (κ1) is 9.59. The second-order valence-electron chi connectivity index (χ2n) is 3.85. The summed E-state index contributed by atoms with van der Waals surface area (Å²) in [4.78, 5) is 3.85. The summed E-state index contributed by atoms with van der Waals surface area (Å²) in [6.07, 6.45) is 2.38. The molecule has 0 aromatic carbocycles. The monoisotopic (exact) mass is 194 g/mol. The van der Waals surface area contributed by atoms with E-state index < -0.39 is 0 Å². The van der Waals surface area contributed by atoms with Gasteiger partial charge in [0, 0.05) is 12.2 Å². The fourth-order valence-electron chi connectivity index (χ4n) is 2.09. The van der Waals surface area contributed by atoms with Crippen LogP contribution in [0.4, 0.5) is 4.39 Å². The summed E-state index contributed by atoms with van der Waals surface area (Å²) in [7, 11) is 0. The number of nitrogens with zero attached hydrogens (tertiary/aromatic N) is 1. The van der Waals surface area contributed by atoms with E-state index in [1.807, 2.05) is 13.0 Å². The quantitative estimate of drug-likeness (QED) is 0.692. The Labute approximate surface area is 83.6 Å². The van der Waals surface area contributed by atoms with Gasteiger partial charge < -0.3 is 5.32 Å². The van der Waals surface area contributed by atoms with Gasteiger partial charge in [0.2, 0.25) is 5.95 Å². The molecule has 0 amide bonds. The van der Waals surface area contributed by atoms with E-state index in [0.717, 1.165) is 18.8 Å². The summed E-state index contributed by atoms with van der Waals surface area (Å²) >= 11 is 0. The third kappa shape index (κ3) is 1.93. The van der Waals surface area contributed by atoms with Crippen molar-refractivity contribution in [1.82, 2.24) is 10.3 Å². The highest BCUT2D eigenvalue weighted by atomic mass is 19.1. The number of nitrogens with one attached hydrogen (secondary N) is 1. The second-order valence-corrected chi connectivity index (χ2v) is 3.85. The van der Waals surface area contributed by atoms with Gasteiger partial charge in [0.25, 0.3) is 0 Å². The predicted molar refractivity (Wildman–Crippen MR) is 53.8 cm³/mol. The van der Waals surface area contributed by atoms with Gasteiger partial charge in [0.05, 0.1) is 0 Å². The average molecular weight is 194 g/mol. The SMILES string of the molecule is Cc1nc(F)ccc1C1CCCNC1. The van der Waals surface area contributed by atoms with Crippen LogP contribution >= 0.6 is 0 Å². The maximum absolute atomic E-state index is 12.8. The van der Waals surface area contributed by atoms with Gasteiger partial charge in [0.15, 0.2) is 0 Å². The third-order valence-corrected chi connectivity index (χ3v) is 2.83. The molecular weight excluding hydrogens is 179 g/mol. The van der Waals surface area contributed by atoms with E-state index in [1.165, 1.54) is 24.5 Å². The number of aromatic nitrogens is 1. The van der Waals surface area contributed by atoms with Crippen LogP contribution in [0.25, 0.3) is 0 Å². The predicted octanol–water partition coefficient (Wildman–Crippen LogP) is 2.00. The van der Waals surface area contributed by atoms with Gasteiger partial charge in [-0.3, -0.25) is 0 Å². The molecule has 0 bridgehead atoms. The van der Waals surface area contributed by atoms with Crippen molar-refractivity contribution >= 4 is 0 Å². The standard InChI is InChI=1S/C11H15FN2/c1-8-10(4-5-11(12)14-8)9-3-2-6-13-7-9/h4-5,9,13H,2-3,6-7H2,1H3. The molecule has 76 valence electrons. The van der Waals surface area contributed by atoms with E-state index in [9.17, 15) is 4.39 Å². The number of piperidine rings is 1. The Kier molecular flexibility index (Phi) is 2.77. The van der Waals surface area contributed by atoms with Crippen molar-refractivity contribution in [2.24, 2.45) is 0 Å². The Balaban J connectivity index is 2.22. The highest BCUT2D eigenvalue weighted by Gasteiger charge is 2.17. The molecule has 1 N–H and O–H groups in total. The lowest BCUT2D eigenvalue weighted by atomic mass is 9.91. The summed E-state index contributed by atoms with van der Waals surface area (Å²) in [5.41, 5.74) is 2.03. The van der Waals surface area contributed by atoms with E-state index >= 15 is 0 Å². The zero-order valence-electron chi connectivity index (χ0n) is 8.39. The molecule has 2 rings (SSSR count). The Hall–Kier alpha value is -0.960. The highest BCUT2D eigenvalue weighted by Crippen LogP contribution is 2.24. The molecule has 1 saturated heterocycles. The summed E-state index contributed by atoms with van der Waals surface area (Å²) in [6.45, 7) is 3.98. The smallest absolute Gasteiger partial charge is 0.213 e. The topological polar surface area (TPSA) is 24.9 Å². The first-order chi connectivity index (χ1) is 6.77. The zero-order chi connectivity index (χ0) is 9.97. The fourth-order valence-corrected chi connectivity index (χ4v) is 2.09. The molecular formula is C11H15FN2. The zero-order valence-corrected chi connectivity index (χ0v) is 8.39. The molecule has 1 unspecified atom stereocenters. The van der Waals surface area contributed by atoms with Crippen molar-refractivity contribution in [2.75, 3.05) is 13.1 Å². The van der Waals surface area contributed by atoms with Crippen LogP contribution in [-0.4, -0.2) is 18.1 Å². The molecule has 0 radical (unpaired) electrons. The Morgan fingerprint density at radius 3 is 3.00 bits per heavy atom. The molecule has 2 heterocycles. The number of halogens is 1. The largest absolute Gasteiger partial charge is 0.316 e. The molecule has 1 aliphatic rings. The van der Waals surface area contributed by atoms with Crippen LogP contribution in [0.2, 0.25) is 0 Å². The van der Waals surface area contributed by atoms with Gasteiger partial charge in [0.1, 0.15) is 0 Å². The molecule has 0 spiro atoms. The van der Waals surface area contributed by atoms with Gasteiger partial charge in [-0.1, -0.05) is 6.07 Å². The molecule has 1 atom stereocenters. The number of hydrogen-bond acceptors (Lipinski definition) is 2. The molecule has 2 nitrogen and oxygen atoms in total. The lowest BCUT2D eigenvalue weighted by Gasteiger charge is -2.23. The molecule has 0 saturated carbocycles. The summed E-state index contributed by atoms with van der Waals surface area (Å²) < 4.78 is 12.8. The van der Waals surface area contributed by atoms with Crippen molar-refractivity contribution in [3.8, 4) is 0 Å². The van der Waals surface area contributed by atoms with Crippen molar-refractivity contribution < 1.29 is 4.39 Å². The maximum atomic E-state index is 12.8. The Morgan fingerprint density at radius 1 is 1.50 bits per heavy atom. The van der Waals surface area contributed by atoms with E-state index in [2.05, 4.69) is 10.3 Å². The molecule has 1 aliphatic heterocycles. The number of hydrogen-bond donors (Lipinski definition) is 1. The van der Waals surface area contributed by atoms with Crippen LogP contribution < -0.4 is 5.32 Å². The van der Waals surface area contributed by atoms with Crippen molar-refractivity contribution in [2.45, 2.75) is 25.7 Å². The third-order valence-electron chi connectivity index (χ3n) is 2.83. The molecule has 3 heteroatoms. The molecule has 14 heavy (non-hydrogen) atoms. The summed E-state index contributed by atoms with van der Waals surface area (Å²) in [5.74, 6) is 0.131. The minimum atomic E-state index is -0.380. The first-order valence-corrected chi connectivity index (χ1v) is 5.11. The molecule has 1 aromatic heterocycles. The van der Waals surface area contributed by atoms with E-state index in [1.54, 1.807) is 0 Å². The molecule has 0 aliphatic carbocycles. The van der Waals surface area contributed by atoms with E-state index in [0.29, 0.717) is 5.92 Å². The van der Waals surface area contributed by atoms with Crippen molar-refractivity contribution in [3.05, 3.63) is 29.3 Å². The van der Waals surface area contributed by atoms with Crippen LogP contribution in [0.5, 0.6) is 0 Å². The lowest BCUT2D eigenvalue weighted by Crippen LogP contribution is -2.28. The first-order valence-electron chi connectivity index (χ1n) is 5.11. The fraction of sp³-hybridized carbons (Fsp3) is 0.545. The Morgan fingerprint density at radius 2 is 2.36 bits per heavy atom. The average Bonchev–Trinajstić information content (AvgIpc) is 2.19. The van der Waals surface area contributed by atoms with Gasteiger partial charge in [-0.15, -0.1) is 0 Å². The minimum absolute atomic E-state index is 0.380. The Bertz CT molecular complexity index is 319. The number of rotatable bonds is 1. The summed E-state index contributed by atoms with van der Waals surface area (Å²) in [6, 6.07) is 3.33. The summed E-state index contributed by atoms with van der Waals surface area (Å²) in [5, 5.41) is 3.35. The van der Waals surface area contributed by atoms with Crippen molar-refractivity contribution in [3.63, 3.8) is 0 Å². The van der Waals surface area contributed by atoms with Crippen LogP contribution in [0.1, 0.15) is 30.0 Å². The lowest BCUT2D eigenvalue weighted by molar-refractivity contribution is 0.457. The highest BCUT2D eigenvalue weighted by molar-refractivity contribution is 5.24. The minimum Gasteiger partial charge on any atom is -0.316 e. The van der Waals surface area contributed by atoms with Gasteiger partial charge in [-0.2, -0.15) is 4.39 Å². The van der Waals surface area contributed by atoms with Crippen molar-refractivity contribution in [1.29, 1.82) is 0 Å².